The van der Waals surface area contributed by atoms with Crippen LogP contribution in [0.25, 0.3) is 0 Å². The number of rotatable bonds is 8. The van der Waals surface area contributed by atoms with Crippen molar-refractivity contribution in [3.63, 3.8) is 0 Å². The summed E-state index contributed by atoms with van der Waals surface area (Å²) in [6, 6.07) is 13.7. The summed E-state index contributed by atoms with van der Waals surface area (Å²) in [5, 5.41) is 14.1. The number of carbonyl (C=O) groups excluding carboxylic acids is 1. The van der Waals surface area contributed by atoms with Gasteiger partial charge in [-0.15, -0.1) is 0 Å². The number of ether oxygens (including phenoxy) is 1. The van der Waals surface area contributed by atoms with Crippen LogP contribution in [0.5, 0.6) is 5.75 Å². The quantitative estimate of drug-likeness (QED) is 0.571. The largest absolute Gasteiger partial charge is 0.497 e. The van der Waals surface area contributed by atoms with Gasteiger partial charge in [-0.05, 0) is 30.0 Å². The van der Waals surface area contributed by atoms with Crippen LogP contribution in [0.2, 0.25) is 0 Å². The summed E-state index contributed by atoms with van der Waals surface area (Å²) in [6.07, 6.45) is 0.747. The number of methoxy groups -OCH3 is 1. The molecule has 26 heavy (non-hydrogen) atoms. The van der Waals surface area contributed by atoms with Gasteiger partial charge in [0, 0.05) is 11.6 Å². The second-order valence-corrected chi connectivity index (χ2v) is 6.59. The lowest BCUT2D eigenvalue weighted by Gasteiger charge is -2.21. The minimum Gasteiger partial charge on any atom is -0.497 e. The van der Waals surface area contributed by atoms with Crippen LogP contribution in [-0.4, -0.2) is 17.9 Å². The topological polar surface area (TPSA) is 81.5 Å². The van der Waals surface area contributed by atoms with Gasteiger partial charge in [-0.3, -0.25) is 14.9 Å². The molecule has 1 amide bonds. The Kier molecular flexibility index (Phi) is 6.72. The Hall–Kier alpha value is -2.89. The van der Waals surface area contributed by atoms with Crippen LogP contribution in [0.3, 0.4) is 0 Å². The Balaban J connectivity index is 2.14. The van der Waals surface area contributed by atoms with Gasteiger partial charge in [0.05, 0.1) is 24.5 Å². The summed E-state index contributed by atoms with van der Waals surface area (Å²) in [5.74, 6) is 0.900. The molecule has 2 rings (SSSR count). The van der Waals surface area contributed by atoms with Crippen molar-refractivity contribution >= 4 is 11.6 Å². The van der Waals surface area contributed by atoms with Crippen molar-refractivity contribution in [3.8, 4) is 5.75 Å². The van der Waals surface area contributed by atoms with E-state index in [1.165, 1.54) is 6.07 Å². The lowest BCUT2D eigenvalue weighted by molar-refractivity contribution is -0.385. The Morgan fingerprint density at radius 1 is 1.15 bits per heavy atom. The van der Waals surface area contributed by atoms with Gasteiger partial charge in [0.15, 0.2) is 0 Å². The van der Waals surface area contributed by atoms with Crippen LogP contribution in [0.15, 0.2) is 48.5 Å². The predicted octanol–water partition coefficient (Wildman–Crippen LogP) is 4.05. The molecule has 2 aromatic rings. The summed E-state index contributed by atoms with van der Waals surface area (Å²) in [5.41, 5.74) is 1.36. The predicted molar refractivity (Wildman–Crippen MR) is 100 cm³/mol. The number of nitro benzene ring substituents is 1. The van der Waals surface area contributed by atoms with E-state index in [2.05, 4.69) is 19.2 Å². The first-order valence-electron chi connectivity index (χ1n) is 8.56. The number of nitrogens with one attached hydrogen (secondary N) is 1. The van der Waals surface area contributed by atoms with Crippen molar-refractivity contribution in [2.24, 2.45) is 5.92 Å². The summed E-state index contributed by atoms with van der Waals surface area (Å²) in [4.78, 5) is 23.2. The van der Waals surface area contributed by atoms with Gasteiger partial charge in [0.1, 0.15) is 5.75 Å². The van der Waals surface area contributed by atoms with Crippen molar-refractivity contribution < 1.29 is 14.5 Å². The van der Waals surface area contributed by atoms with Crippen molar-refractivity contribution in [2.75, 3.05) is 7.11 Å². The van der Waals surface area contributed by atoms with Crippen LogP contribution >= 0.6 is 0 Å². The number of para-hydroxylation sites is 1. The van der Waals surface area contributed by atoms with E-state index < -0.39 is 4.92 Å². The molecule has 0 aromatic heterocycles. The summed E-state index contributed by atoms with van der Waals surface area (Å²) < 4.78 is 5.17. The number of hydrogen-bond acceptors (Lipinski definition) is 4. The van der Waals surface area contributed by atoms with Crippen LogP contribution in [0, 0.1) is 16.0 Å². The number of nitro groups is 1. The molecular formula is C20H24N2O4. The van der Waals surface area contributed by atoms with E-state index in [0.29, 0.717) is 11.5 Å². The van der Waals surface area contributed by atoms with Crippen LogP contribution < -0.4 is 10.1 Å². The number of benzene rings is 2. The number of hydrogen-bond donors (Lipinski definition) is 1. The van der Waals surface area contributed by atoms with E-state index in [1.54, 1.807) is 25.3 Å². The van der Waals surface area contributed by atoms with Crippen LogP contribution in [0.1, 0.15) is 37.4 Å². The van der Waals surface area contributed by atoms with Gasteiger partial charge >= 0.3 is 0 Å². The Morgan fingerprint density at radius 3 is 2.38 bits per heavy atom. The summed E-state index contributed by atoms with van der Waals surface area (Å²) in [7, 11) is 1.61. The molecule has 0 radical (unpaired) electrons. The van der Waals surface area contributed by atoms with E-state index >= 15 is 0 Å². The third kappa shape index (κ3) is 5.31. The minimum atomic E-state index is -0.461. The standard InChI is InChI=1S/C20H24N2O4/c1-14(2)12-18(15-8-10-17(26-3)11-9-15)21-20(23)13-16-6-4-5-7-19(16)22(24)25/h4-11,14,18H,12-13H2,1-3H3,(H,21,23)/t18-/m0/s1. The van der Waals surface area contributed by atoms with E-state index in [0.717, 1.165) is 17.7 Å². The highest BCUT2D eigenvalue weighted by molar-refractivity contribution is 5.80. The average Bonchev–Trinajstić information content (AvgIpc) is 2.61. The second kappa shape index (κ2) is 8.99. The molecule has 0 saturated heterocycles. The van der Waals surface area contributed by atoms with Gasteiger partial charge in [-0.25, -0.2) is 0 Å². The number of carbonyl (C=O) groups is 1. The Bertz CT molecular complexity index is 757. The average molecular weight is 356 g/mol. The normalized spacial score (nSPS) is 11.8. The van der Waals surface area contributed by atoms with Crippen molar-refractivity contribution in [1.29, 1.82) is 0 Å². The maximum atomic E-state index is 12.5. The number of nitrogens with zero attached hydrogens (tertiary/aromatic N) is 1. The molecule has 0 fully saturated rings. The molecule has 138 valence electrons. The SMILES string of the molecule is COc1ccc([C@H](CC(C)C)NC(=O)Cc2ccccc2[N+](=O)[O-])cc1. The van der Waals surface area contributed by atoms with Gasteiger partial charge in [0.25, 0.3) is 5.69 Å². The zero-order valence-electron chi connectivity index (χ0n) is 15.3. The lowest BCUT2D eigenvalue weighted by atomic mass is 9.96. The van der Waals surface area contributed by atoms with Crippen molar-refractivity contribution in [2.45, 2.75) is 32.7 Å². The van der Waals surface area contributed by atoms with Gasteiger partial charge in [-0.2, -0.15) is 0 Å². The summed E-state index contributed by atoms with van der Waals surface area (Å²) in [6.45, 7) is 4.18. The van der Waals surface area contributed by atoms with Crippen molar-refractivity contribution in [1.82, 2.24) is 5.32 Å². The summed E-state index contributed by atoms with van der Waals surface area (Å²) >= 11 is 0. The Morgan fingerprint density at radius 2 is 1.81 bits per heavy atom. The molecule has 2 aromatic carbocycles. The highest BCUT2D eigenvalue weighted by Crippen LogP contribution is 2.24. The lowest BCUT2D eigenvalue weighted by Crippen LogP contribution is -2.31. The molecule has 0 aliphatic heterocycles. The van der Waals surface area contributed by atoms with E-state index in [9.17, 15) is 14.9 Å². The fourth-order valence-corrected chi connectivity index (χ4v) is 2.84. The minimum absolute atomic E-state index is 0.0259. The molecule has 6 nitrogen and oxygen atoms in total. The van der Waals surface area contributed by atoms with Gasteiger partial charge in [-0.1, -0.05) is 44.2 Å². The van der Waals surface area contributed by atoms with Gasteiger partial charge in [0.2, 0.25) is 5.91 Å². The Labute approximate surface area is 153 Å². The fourth-order valence-electron chi connectivity index (χ4n) is 2.84. The highest BCUT2D eigenvalue weighted by atomic mass is 16.6. The molecule has 0 spiro atoms. The molecule has 0 aliphatic carbocycles. The smallest absolute Gasteiger partial charge is 0.273 e. The number of amides is 1. The van der Waals surface area contributed by atoms with E-state index in [1.807, 2.05) is 24.3 Å². The molecule has 0 aliphatic rings. The zero-order valence-corrected chi connectivity index (χ0v) is 15.3. The molecule has 1 N–H and O–H groups in total. The maximum absolute atomic E-state index is 12.5. The molecule has 0 unspecified atom stereocenters. The van der Waals surface area contributed by atoms with Crippen LogP contribution in [-0.2, 0) is 11.2 Å². The molecule has 1 atom stereocenters. The molecule has 0 bridgehead atoms. The van der Waals surface area contributed by atoms with Crippen LogP contribution in [0.4, 0.5) is 5.69 Å². The highest BCUT2D eigenvalue weighted by Gasteiger charge is 2.20. The molecule has 0 heterocycles. The first kappa shape index (κ1) is 19.4. The van der Waals surface area contributed by atoms with Crippen molar-refractivity contribution in [3.05, 3.63) is 69.8 Å². The molecular weight excluding hydrogens is 332 g/mol. The monoisotopic (exact) mass is 356 g/mol. The van der Waals surface area contributed by atoms with Gasteiger partial charge < -0.3 is 10.1 Å². The van der Waals surface area contributed by atoms with E-state index in [4.69, 9.17) is 4.74 Å². The molecule has 0 saturated carbocycles. The first-order valence-corrected chi connectivity index (χ1v) is 8.56. The molecule has 6 heteroatoms. The third-order valence-corrected chi connectivity index (χ3v) is 4.10. The first-order chi connectivity index (χ1) is 12.4. The third-order valence-electron chi connectivity index (χ3n) is 4.10. The van der Waals surface area contributed by atoms with E-state index in [-0.39, 0.29) is 24.1 Å². The maximum Gasteiger partial charge on any atom is 0.273 e. The second-order valence-electron chi connectivity index (χ2n) is 6.59. The zero-order chi connectivity index (χ0) is 19.1. The fraction of sp³-hybridized carbons (Fsp3) is 0.350.